The van der Waals surface area contributed by atoms with Gasteiger partial charge in [-0.1, -0.05) is 29.8 Å². The number of nitrogens with one attached hydrogen (secondary N) is 1. The van der Waals surface area contributed by atoms with Gasteiger partial charge in [-0.05, 0) is 38.5 Å². The summed E-state index contributed by atoms with van der Waals surface area (Å²) in [7, 11) is -3.58. The highest BCUT2D eigenvalue weighted by atomic mass is 32.2. The lowest BCUT2D eigenvalue weighted by Crippen LogP contribution is -2.26. The summed E-state index contributed by atoms with van der Waals surface area (Å²) in [5.74, 6) is 2.55. The van der Waals surface area contributed by atoms with Crippen LogP contribution >= 0.6 is 11.8 Å². The number of rotatable bonds is 11. The van der Waals surface area contributed by atoms with Gasteiger partial charge in [0.2, 0.25) is 10.0 Å². The Morgan fingerprint density at radius 2 is 1.63 bits per heavy atom. The fraction of sp³-hybridized carbons (Fsp3) is 0.400. The molecule has 0 aliphatic heterocycles. The molecule has 7 heteroatoms. The molecular weight excluding hydrogens is 382 g/mol. The van der Waals surface area contributed by atoms with Crippen LogP contribution in [0.15, 0.2) is 47.4 Å². The molecule has 0 aromatic heterocycles. The van der Waals surface area contributed by atoms with E-state index in [0.29, 0.717) is 37.0 Å². The quantitative estimate of drug-likeness (QED) is 0.568. The molecule has 0 saturated carbocycles. The van der Waals surface area contributed by atoms with Crippen LogP contribution in [0.5, 0.6) is 11.5 Å². The highest BCUT2D eigenvalue weighted by Crippen LogP contribution is 2.30. The number of benzene rings is 2. The van der Waals surface area contributed by atoms with Crippen LogP contribution in [0.1, 0.15) is 25.0 Å². The van der Waals surface area contributed by atoms with Crippen LogP contribution in [-0.4, -0.2) is 33.9 Å². The Hall–Kier alpha value is -1.70. The Labute approximate surface area is 166 Å². The lowest BCUT2D eigenvalue weighted by atomic mass is 10.2. The number of aryl methyl sites for hydroxylation is 1. The molecule has 148 valence electrons. The summed E-state index contributed by atoms with van der Waals surface area (Å²) >= 11 is 1.70. The van der Waals surface area contributed by atoms with Crippen molar-refractivity contribution in [1.29, 1.82) is 0 Å². The SMILES string of the molecule is CCOc1ccc(S(=O)(=O)NCCSCc2ccc(C)cc2)cc1OCC. The summed E-state index contributed by atoms with van der Waals surface area (Å²) < 4.78 is 38.7. The highest BCUT2D eigenvalue weighted by molar-refractivity contribution is 7.98. The first-order chi connectivity index (χ1) is 13.0. The van der Waals surface area contributed by atoms with Crippen molar-refractivity contribution in [3.8, 4) is 11.5 Å². The summed E-state index contributed by atoms with van der Waals surface area (Å²) in [5, 5.41) is 0. The van der Waals surface area contributed by atoms with Crippen molar-refractivity contribution in [3.63, 3.8) is 0 Å². The van der Waals surface area contributed by atoms with E-state index in [9.17, 15) is 8.42 Å². The molecule has 0 spiro atoms. The summed E-state index contributed by atoms with van der Waals surface area (Å²) in [5.41, 5.74) is 2.47. The second-order valence-electron chi connectivity index (χ2n) is 5.91. The highest BCUT2D eigenvalue weighted by Gasteiger charge is 2.17. The van der Waals surface area contributed by atoms with Crippen LogP contribution in [-0.2, 0) is 15.8 Å². The number of hydrogen-bond donors (Lipinski definition) is 1. The van der Waals surface area contributed by atoms with E-state index in [0.717, 1.165) is 5.75 Å². The van der Waals surface area contributed by atoms with Crippen LogP contribution in [0, 0.1) is 6.92 Å². The van der Waals surface area contributed by atoms with Crippen LogP contribution in [0.3, 0.4) is 0 Å². The lowest BCUT2D eigenvalue weighted by Gasteiger charge is -2.13. The van der Waals surface area contributed by atoms with Gasteiger partial charge in [-0.25, -0.2) is 13.1 Å². The zero-order valence-electron chi connectivity index (χ0n) is 16.0. The summed E-state index contributed by atoms with van der Waals surface area (Å²) in [6.07, 6.45) is 0. The standard InChI is InChI=1S/C20H27NO4S2/c1-4-24-19-11-10-18(14-20(19)25-5-2)27(22,23)21-12-13-26-15-17-8-6-16(3)7-9-17/h6-11,14,21H,4-5,12-13,15H2,1-3H3. The minimum Gasteiger partial charge on any atom is -0.490 e. The van der Waals surface area contributed by atoms with E-state index in [4.69, 9.17) is 9.47 Å². The molecule has 0 radical (unpaired) electrons. The van der Waals surface area contributed by atoms with Crippen LogP contribution < -0.4 is 14.2 Å². The summed E-state index contributed by atoms with van der Waals surface area (Å²) in [6.45, 7) is 7.07. The van der Waals surface area contributed by atoms with Crippen molar-refractivity contribution in [3.05, 3.63) is 53.6 Å². The van der Waals surface area contributed by atoms with Gasteiger partial charge in [0, 0.05) is 24.1 Å². The first-order valence-electron chi connectivity index (χ1n) is 8.99. The zero-order valence-corrected chi connectivity index (χ0v) is 17.7. The Morgan fingerprint density at radius 1 is 0.963 bits per heavy atom. The summed E-state index contributed by atoms with van der Waals surface area (Å²) in [4.78, 5) is 0.179. The maximum absolute atomic E-state index is 12.5. The summed E-state index contributed by atoms with van der Waals surface area (Å²) in [6, 6.07) is 13.0. The average molecular weight is 410 g/mol. The first kappa shape index (κ1) is 21.6. The normalized spacial score (nSPS) is 11.4. The van der Waals surface area contributed by atoms with Gasteiger partial charge in [0.15, 0.2) is 11.5 Å². The number of ether oxygens (including phenoxy) is 2. The van der Waals surface area contributed by atoms with Gasteiger partial charge in [0.05, 0.1) is 18.1 Å². The third-order valence-corrected chi connectivity index (χ3v) is 6.24. The number of thioether (sulfide) groups is 1. The van der Waals surface area contributed by atoms with Crippen molar-refractivity contribution in [2.45, 2.75) is 31.4 Å². The second-order valence-corrected chi connectivity index (χ2v) is 8.78. The Kier molecular flexibility index (Phi) is 8.47. The molecule has 0 unspecified atom stereocenters. The fourth-order valence-electron chi connectivity index (χ4n) is 2.40. The van der Waals surface area contributed by atoms with Crippen molar-refractivity contribution in [2.24, 2.45) is 0 Å². The third-order valence-electron chi connectivity index (χ3n) is 3.75. The molecule has 0 atom stereocenters. The topological polar surface area (TPSA) is 64.6 Å². The molecule has 0 aliphatic rings. The van der Waals surface area contributed by atoms with Gasteiger partial charge in [-0.2, -0.15) is 11.8 Å². The predicted molar refractivity (Wildman–Crippen MR) is 111 cm³/mol. The average Bonchev–Trinajstić information content (AvgIpc) is 2.64. The molecule has 0 fully saturated rings. The van der Waals surface area contributed by atoms with Crippen LogP contribution in [0.25, 0.3) is 0 Å². The first-order valence-corrected chi connectivity index (χ1v) is 11.6. The minimum atomic E-state index is -3.58. The Bertz CT molecular complexity index is 820. The van der Waals surface area contributed by atoms with Gasteiger partial charge in [0.1, 0.15) is 0 Å². The minimum absolute atomic E-state index is 0.179. The second kappa shape index (κ2) is 10.6. The van der Waals surface area contributed by atoms with E-state index < -0.39 is 10.0 Å². The molecule has 2 aromatic carbocycles. The fourth-order valence-corrected chi connectivity index (χ4v) is 4.40. The molecule has 0 amide bonds. The molecule has 0 aliphatic carbocycles. The van der Waals surface area contributed by atoms with Gasteiger partial charge in [-0.15, -0.1) is 0 Å². The third kappa shape index (κ3) is 6.75. The molecule has 2 rings (SSSR count). The molecule has 0 heterocycles. The van der Waals surface area contributed by atoms with E-state index in [2.05, 4.69) is 35.9 Å². The maximum atomic E-state index is 12.5. The predicted octanol–water partition coefficient (Wildman–Crippen LogP) is 4.00. The molecule has 1 N–H and O–H groups in total. The van der Waals surface area contributed by atoms with E-state index in [1.54, 1.807) is 17.8 Å². The molecule has 27 heavy (non-hydrogen) atoms. The van der Waals surface area contributed by atoms with E-state index in [1.807, 2.05) is 13.8 Å². The zero-order chi connectivity index (χ0) is 19.7. The van der Waals surface area contributed by atoms with Crippen LogP contribution in [0.2, 0.25) is 0 Å². The Balaban J connectivity index is 1.89. The maximum Gasteiger partial charge on any atom is 0.240 e. The largest absolute Gasteiger partial charge is 0.490 e. The van der Waals surface area contributed by atoms with Crippen molar-refractivity contribution in [1.82, 2.24) is 4.72 Å². The Morgan fingerprint density at radius 3 is 2.30 bits per heavy atom. The molecule has 5 nitrogen and oxygen atoms in total. The molecular formula is C20H27NO4S2. The van der Waals surface area contributed by atoms with Gasteiger partial charge >= 0.3 is 0 Å². The van der Waals surface area contributed by atoms with Gasteiger partial charge in [-0.3, -0.25) is 0 Å². The van der Waals surface area contributed by atoms with E-state index >= 15 is 0 Å². The van der Waals surface area contributed by atoms with Gasteiger partial charge < -0.3 is 9.47 Å². The monoisotopic (exact) mass is 409 g/mol. The van der Waals surface area contributed by atoms with Gasteiger partial charge in [0.25, 0.3) is 0 Å². The van der Waals surface area contributed by atoms with E-state index in [-0.39, 0.29) is 4.90 Å². The number of sulfonamides is 1. The van der Waals surface area contributed by atoms with Crippen molar-refractivity contribution >= 4 is 21.8 Å². The smallest absolute Gasteiger partial charge is 0.240 e. The van der Waals surface area contributed by atoms with Crippen molar-refractivity contribution < 1.29 is 17.9 Å². The number of hydrogen-bond acceptors (Lipinski definition) is 5. The van der Waals surface area contributed by atoms with Crippen LogP contribution in [0.4, 0.5) is 0 Å². The molecule has 2 aromatic rings. The molecule has 0 bridgehead atoms. The van der Waals surface area contributed by atoms with Crippen molar-refractivity contribution in [2.75, 3.05) is 25.5 Å². The lowest BCUT2D eigenvalue weighted by molar-refractivity contribution is 0.287. The molecule has 0 saturated heterocycles. The van der Waals surface area contributed by atoms with E-state index in [1.165, 1.54) is 23.3 Å².